The van der Waals surface area contributed by atoms with Gasteiger partial charge in [0.15, 0.2) is 5.69 Å². The lowest BCUT2D eigenvalue weighted by molar-refractivity contribution is 0.101. The van der Waals surface area contributed by atoms with Crippen LogP contribution in [0.5, 0.6) is 5.75 Å². The van der Waals surface area contributed by atoms with E-state index in [2.05, 4.69) is 26.6 Å². The molecule has 0 bridgehead atoms. The molecule has 1 amide bonds. The molecule has 4 rings (SSSR count). The van der Waals surface area contributed by atoms with Gasteiger partial charge in [0, 0.05) is 19.2 Å². The molecule has 11 nitrogen and oxygen atoms in total. The van der Waals surface area contributed by atoms with Crippen LogP contribution in [-0.4, -0.2) is 35.5 Å². The van der Waals surface area contributed by atoms with Crippen molar-refractivity contribution in [3.8, 4) is 11.8 Å². The minimum absolute atomic E-state index is 0.226. The Bertz CT molecular complexity index is 1450. The van der Waals surface area contributed by atoms with Gasteiger partial charge in [-0.1, -0.05) is 30.3 Å². The first kappa shape index (κ1) is 22.5. The van der Waals surface area contributed by atoms with Gasteiger partial charge in [-0.2, -0.15) is 10.4 Å². The summed E-state index contributed by atoms with van der Waals surface area (Å²) < 4.78 is 7.58. The largest absolute Gasteiger partial charge is 0.501 e. The van der Waals surface area contributed by atoms with Gasteiger partial charge in [-0.3, -0.25) is 18.8 Å². The molecule has 172 valence electrons. The number of anilines is 1. The highest BCUT2D eigenvalue weighted by Crippen LogP contribution is 2.35. The molecule has 0 radical (unpaired) electrons. The van der Waals surface area contributed by atoms with Crippen LogP contribution in [0.1, 0.15) is 51.9 Å². The number of aromatic hydroxyl groups is 1. The Kier molecular flexibility index (Phi) is 5.97. The second kappa shape index (κ2) is 9.03. The molecule has 2 N–H and O–H groups in total. The molecule has 0 fully saturated rings. The van der Waals surface area contributed by atoms with E-state index in [1.807, 2.05) is 32.2 Å². The quantitative estimate of drug-likeness (QED) is 0.446. The van der Waals surface area contributed by atoms with Crippen molar-refractivity contribution >= 4 is 11.6 Å². The van der Waals surface area contributed by atoms with Crippen molar-refractivity contribution in [2.45, 2.75) is 25.8 Å². The molecule has 0 aliphatic heterocycles. The van der Waals surface area contributed by atoms with Crippen LogP contribution < -0.4 is 10.9 Å². The minimum atomic E-state index is -0.796. The van der Waals surface area contributed by atoms with Crippen LogP contribution in [0.25, 0.3) is 0 Å². The maximum Gasteiger partial charge on any atom is 0.296 e. The summed E-state index contributed by atoms with van der Waals surface area (Å²) in [4.78, 5) is 30.0. The van der Waals surface area contributed by atoms with Crippen LogP contribution in [0.4, 0.5) is 5.69 Å². The lowest BCUT2D eigenvalue weighted by Crippen LogP contribution is -2.31. The fraction of sp³-hybridized carbons (Fsp3) is 0.217. The van der Waals surface area contributed by atoms with Crippen molar-refractivity contribution in [1.82, 2.24) is 24.5 Å². The molecule has 0 unspecified atom stereocenters. The highest BCUT2D eigenvalue weighted by Gasteiger charge is 2.31. The summed E-state index contributed by atoms with van der Waals surface area (Å²) in [5.41, 5.74) is 1.06. The fourth-order valence-corrected chi connectivity index (χ4v) is 3.85. The third-order valence-electron chi connectivity index (χ3n) is 5.50. The number of nitrogens with one attached hydrogen (secondary N) is 1. The second-order valence-corrected chi connectivity index (χ2v) is 7.83. The lowest BCUT2D eigenvalue weighted by Gasteiger charge is -2.27. The average Bonchev–Trinajstić information content (AvgIpc) is 3.50. The number of aryl methyl sites for hydroxylation is 1. The molecule has 1 aromatic carbocycles. The smallest absolute Gasteiger partial charge is 0.296 e. The van der Waals surface area contributed by atoms with E-state index >= 15 is 0 Å². The van der Waals surface area contributed by atoms with E-state index in [1.165, 1.54) is 24.1 Å². The van der Waals surface area contributed by atoms with E-state index in [0.29, 0.717) is 11.1 Å². The molecule has 2 atom stereocenters. The molecular formula is C23H21N7O4. The number of benzene rings is 1. The lowest BCUT2D eigenvalue weighted by atomic mass is 9.90. The first-order chi connectivity index (χ1) is 16.3. The van der Waals surface area contributed by atoms with Gasteiger partial charge in [0.2, 0.25) is 5.75 Å². The first-order valence-corrected chi connectivity index (χ1v) is 10.3. The second-order valence-electron chi connectivity index (χ2n) is 7.83. The monoisotopic (exact) mass is 459 g/mol. The average molecular weight is 459 g/mol. The minimum Gasteiger partial charge on any atom is -0.501 e. The van der Waals surface area contributed by atoms with Crippen molar-refractivity contribution in [2.24, 2.45) is 7.05 Å². The molecule has 11 heteroatoms. The molecular weight excluding hydrogens is 438 g/mol. The van der Waals surface area contributed by atoms with Gasteiger partial charge in [-0.05, 0) is 24.1 Å². The molecule has 0 saturated carbocycles. The summed E-state index contributed by atoms with van der Waals surface area (Å²) in [6.45, 7) is 3.71. The summed E-state index contributed by atoms with van der Waals surface area (Å²) in [6.07, 6.45) is 5.99. The van der Waals surface area contributed by atoms with Crippen molar-refractivity contribution in [3.63, 3.8) is 0 Å². The predicted molar refractivity (Wildman–Crippen MR) is 120 cm³/mol. The number of carbonyl (C=O) groups excluding carboxylic acids is 1. The van der Waals surface area contributed by atoms with Gasteiger partial charge in [-0.15, -0.1) is 0 Å². The Labute approximate surface area is 193 Å². The molecule has 34 heavy (non-hydrogen) atoms. The zero-order valence-electron chi connectivity index (χ0n) is 18.6. The van der Waals surface area contributed by atoms with Crippen LogP contribution in [0.3, 0.4) is 0 Å². The van der Waals surface area contributed by atoms with E-state index in [4.69, 9.17) is 4.52 Å². The first-order valence-electron chi connectivity index (χ1n) is 10.3. The van der Waals surface area contributed by atoms with Crippen molar-refractivity contribution in [2.75, 3.05) is 5.32 Å². The van der Waals surface area contributed by atoms with Crippen molar-refractivity contribution in [1.29, 1.82) is 5.26 Å². The number of nitriles is 1. The molecule has 3 heterocycles. The molecule has 0 saturated heterocycles. The summed E-state index contributed by atoms with van der Waals surface area (Å²) in [5, 5.41) is 30.5. The van der Waals surface area contributed by atoms with E-state index in [-0.39, 0.29) is 11.5 Å². The van der Waals surface area contributed by atoms with Gasteiger partial charge < -0.3 is 14.9 Å². The maximum atomic E-state index is 12.8. The molecule has 0 aliphatic carbocycles. The SMILES string of the molecule is Cc1cnn([C@@H](c2ccccc2C#N)[C@@H](C)c2nc(C(=O)Nc3cnoc3)c(O)c(=O)n2C)c1. The zero-order valence-corrected chi connectivity index (χ0v) is 18.6. The Morgan fingerprint density at radius 3 is 2.71 bits per heavy atom. The van der Waals surface area contributed by atoms with E-state index in [9.17, 15) is 20.0 Å². The Morgan fingerprint density at radius 1 is 1.29 bits per heavy atom. The number of aromatic nitrogens is 5. The van der Waals surface area contributed by atoms with Crippen molar-refractivity contribution in [3.05, 3.63) is 87.7 Å². The van der Waals surface area contributed by atoms with E-state index < -0.39 is 34.9 Å². The number of carbonyl (C=O) groups is 1. The van der Waals surface area contributed by atoms with Gasteiger partial charge >= 0.3 is 0 Å². The van der Waals surface area contributed by atoms with Crippen LogP contribution in [0.2, 0.25) is 0 Å². The predicted octanol–water partition coefficient (Wildman–Crippen LogP) is 2.50. The summed E-state index contributed by atoms with van der Waals surface area (Å²) in [7, 11) is 1.46. The number of hydrogen-bond donors (Lipinski definition) is 2. The third-order valence-corrected chi connectivity index (χ3v) is 5.50. The Hall–Kier alpha value is -4.72. The van der Waals surface area contributed by atoms with Crippen LogP contribution in [-0.2, 0) is 7.05 Å². The zero-order chi connectivity index (χ0) is 24.4. The highest BCUT2D eigenvalue weighted by atomic mass is 16.5. The van der Waals surface area contributed by atoms with Crippen molar-refractivity contribution < 1.29 is 14.4 Å². The summed E-state index contributed by atoms with van der Waals surface area (Å²) >= 11 is 0. The van der Waals surface area contributed by atoms with Crippen LogP contribution in [0, 0.1) is 18.3 Å². The third kappa shape index (κ3) is 4.04. The molecule has 0 aliphatic rings. The number of hydrogen-bond acceptors (Lipinski definition) is 8. The Morgan fingerprint density at radius 2 is 2.06 bits per heavy atom. The van der Waals surface area contributed by atoms with E-state index in [1.54, 1.807) is 23.0 Å². The normalized spacial score (nSPS) is 12.6. The van der Waals surface area contributed by atoms with E-state index in [0.717, 1.165) is 5.56 Å². The fourth-order valence-electron chi connectivity index (χ4n) is 3.85. The van der Waals surface area contributed by atoms with Crippen LogP contribution in [0.15, 0.2) is 58.4 Å². The van der Waals surface area contributed by atoms with Gasteiger partial charge in [-0.25, -0.2) is 4.98 Å². The van der Waals surface area contributed by atoms with Gasteiger partial charge in [0.05, 0.1) is 30.1 Å². The van der Waals surface area contributed by atoms with Crippen LogP contribution >= 0.6 is 0 Å². The maximum absolute atomic E-state index is 12.8. The molecule has 3 aromatic heterocycles. The standard InChI is InChI=1S/C23H21N7O4/c1-13-9-25-30(11-13)19(17-7-5-4-6-15(17)8-24)14(2)21-28-18(20(31)23(33)29(21)3)22(32)27-16-10-26-34-12-16/h4-7,9-12,14,19,31H,1-3H3,(H,27,32)/t14-,19-/m1/s1. The number of amides is 1. The summed E-state index contributed by atoms with van der Waals surface area (Å²) in [6, 6.07) is 8.76. The topological polar surface area (TPSA) is 152 Å². The van der Waals surface area contributed by atoms with Gasteiger partial charge in [0.1, 0.15) is 17.8 Å². The summed E-state index contributed by atoms with van der Waals surface area (Å²) in [5.74, 6) is -1.88. The molecule has 0 spiro atoms. The number of nitrogens with zero attached hydrogens (tertiary/aromatic N) is 6. The Balaban J connectivity index is 1.85. The number of rotatable bonds is 6. The highest BCUT2D eigenvalue weighted by molar-refractivity contribution is 6.04. The molecule has 4 aromatic rings. The van der Waals surface area contributed by atoms with Gasteiger partial charge in [0.25, 0.3) is 11.5 Å².